The fourth-order valence-corrected chi connectivity index (χ4v) is 2.05. The van der Waals surface area contributed by atoms with E-state index in [4.69, 9.17) is 10.5 Å². The molecule has 2 rings (SSSR count). The lowest BCUT2D eigenvalue weighted by Gasteiger charge is -2.11. The molecule has 0 unspecified atom stereocenters. The normalized spacial score (nSPS) is 10.1. The number of aromatic hydroxyl groups is 1. The lowest BCUT2D eigenvalue weighted by Crippen LogP contribution is -2.14. The predicted molar refractivity (Wildman–Crippen MR) is 81.2 cm³/mol. The third kappa shape index (κ3) is 3.03. The van der Waals surface area contributed by atoms with E-state index in [9.17, 15) is 9.90 Å². The number of amides is 1. The van der Waals surface area contributed by atoms with Crippen molar-refractivity contribution in [1.29, 1.82) is 0 Å². The number of nitrogens with two attached hydrogens (primary N) is 1. The van der Waals surface area contributed by atoms with Gasteiger partial charge < -0.3 is 20.9 Å². The number of carbonyl (C=O) groups is 1. The number of nitrogens with one attached hydrogen (secondary N) is 1. The van der Waals surface area contributed by atoms with E-state index in [-0.39, 0.29) is 17.3 Å². The largest absolute Gasteiger partial charge is 0.508 e. The summed E-state index contributed by atoms with van der Waals surface area (Å²) in [4.78, 5) is 12.2. The molecule has 4 N–H and O–H groups in total. The third-order valence-corrected chi connectivity index (χ3v) is 3.18. The van der Waals surface area contributed by atoms with Crippen molar-refractivity contribution in [3.05, 3.63) is 46.4 Å². The maximum Gasteiger partial charge on any atom is 0.259 e. The van der Waals surface area contributed by atoms with E-state index in [0.29, 0.717) is 17.0 Å². The van der Waals surface area contributed by atoms with Crippen LogP contribution in [-0.2, 0) is 0 Å². The first kappa shape index (κ1) is 14.2. The Hall–Kier alpha value is -2.21. The van der Waals surface area contributed by atoms with Crippen LogP contribution in [0.15, 0.2) is 40.9 Å². The minimum atomic E-state index is -0.341. The van der Waals surface area contributed by atoms with E-state index in [1.807, 2.05) is 0 Å². The van der Waals surface area contributed by atoms with Crippen molar-refractivity contribution in [2.45, 2.75) is 0 Å². The van der Waals surface area contributed by atoms with Crippen LogP contribution in [0.5, 0.6) is 11.5 Å². The molecule has 0 radical (unpaired) electrons. The summed E-state index contributed by atoms with van der Waals surface area (Å²) in [5, 5.41) is 12.0. The van der Waals surface area contributed by atoms with Crippen LogP contribution >= 0.6 is 15.9 Å². The van der Waals surface area contributed by atoms with E-state index in [1.165, 1.54) is 25.3 Å². The molecule has 0 bridgehead atoms. The number of hydrogen-bond acceptors (Lipinski definition) is 4. The zero-order valence-corrected chi connectivity index (χ0v) is 12.3. The van der Waals surface area contributed by atoms with Crippen molar-refractivity contribution in [3.63, 3.8) is 0 Å². The minimum absolute atomic E-state index is 0.0433. The van der Waals surface area contributed by atoms with Crippen molar-refractivity contribution < 1.29 is 14.6 Å². The molecular formula is C14H13BrN2O3. The third-order valence-electron chi connectivity index (χ3n) is 2.69. The Balaban J connectivity index is 2.28. The monoisotopic (exact) mass is 336 g/mol. The quantitative estimate of drug-likeness (QED) is 0.594. The molecule has 0 aromatic heterocycles. The van der Waals surface area contributed by atoms with E-state index >= 15 is 0 Å². The van der Waals surface area contributed by atoms with Crippen LogP contribution in [0, 0.1) is 0 Å². The summed E-state index contributed by atoms with van der Waals surface area (Å²) in [6.45, 7) is 0. The highest BCUT2D eigenvalue weighted by Crippen LogP contribution is 2.27. The first-order valence-electron chi connectivity index (χ1n) is 5.74. The fraction of sp³-hybridized carbons (Fsp3) is 0.0714. The average molecular weight is 337 g/mol. The molecule has 6 heteroatoms. The molecule has 2 aromatic carbocycles. The Morgan fingerprint density at radius 3 is 2.70 bits per heavy atom. The number of anilines is 2. The fourth-order valence-electron chi connectivity index (χ4n) is 1.71. The Morgan fingerprint density at radius 1 is 1.30 bits per heavy atom. The van der Waals surface area contributed by atoms with Gasteiger partial charge in [0.2, 0.25) is 0 Å². The van der Waals surface area contributed by atoms with Crippen molar-refractivity contribution in [3.8, 4) is 11.5 Å². The second-order valence-corrected chi connectivity index (χ2v) is 4.99. The molecule has 0 saturated carbocycles. The van der Waals surface area contributed by atoms with Crippen LogP contribution in [0.1, 0.15) is 10.4 Å². The number of rotatable bonds is 3. The highest BCUT2D eigenvalue weighted by molar-refractivity contribution is 9.10. The number of benzene rings is 2. The van der Waals surface area contributed by atoms with Gasteiger partial charge in [-0.1, -0.05) is 15.9 Å². The van der Waals surface area contributed by atoms with E-state index in [1.54, 1.807) is 18.2 Å². The van der Waals surface area contributed by atoms with Crippen LogP contribution in [0.3, 0.4) is 0 Å². The van der Waals surface area contributed by atoms with Crippen molar-refractivity contribution in [1.82, 2.24) is 0 Å². The van der Waals surface area contributed by atoms with Gasteiger partial charge in [0.05, 0.1) is 24.0 Å². The predicted octanol–water partition coefficient (Wildman–Crippen LogP) is 3.00. The maximum atomic E-state index is 12.2. The molecule has 0 atom stereocenters. The zero-order chi connectivity index (χ0) is 14.7. The van der Waals surface area contributed by atoms with Crippen molar-refractivity contribution >= 4 is 33.2 Å². The Labute approximate surface area is 124 Å². The smallest absolute Gasteiger partial charge is 0.259 e. The first-order valence-corrected chi connectivity index (χ1v) is 6.54. The number of phenols is 1. The summed E-state index contributed by atoms with van der Waals surface area (Å²) in [5.74, 6) is 0.155. The number of nitrogen functional groups attached to an aromatic ring is 1. The van der Waals surface area contributed by atoms with Crippen LogP contribution in [0.25, 0.3) is 0 Å². The van der Waals surface area contributed by atoms with E-state index in [2.05, 4.69) is 21.2 Å². The van der Waals surface area contributed by atoms with Gasteiger partial charge in [0.1, 0.15) is 11.5 Å². The van der Waals surface area contributed by atoms with Gasteiger partial charge in [0.15, 0.2) is 0 Å². The molecule has 0 aliphatic carbocycles. The van der Waals surface area contributed by atoms with E-state index < -0.39 is 0 Å². The van der Waals surface area contributed by atoms with Gasteiger partial charge in [-0.05, 0) is 30.3 Å². The summed E-state index contributed by atoms with van der Waals surface area (Å²) in [5.41, 5.74) is 6.84. The number of ether oxygens (including phenoxy) is 1. The van der Waals surface area contributed by atoms with Crippen molar-refractivity contribution in [2.24, 2.45) is 0 Å². The summed E-state index contributed by atoms with van der Waals surface area (Å²) in [6.07, 6.45) is 0. The summed E-state index contributed by atoms with van der Waals surface area (Å²) in [7, 11) is 1.49. The van der Waals surface area contributed by atoms with Gasteiger partial charge in [-0.15, -0.1) is 0 Å². The van der Waals surface area contributed by atoms with Gasteiger partial charge >= 0.3 is 0 Å². The second kappa shape index (κ2) is 5.83. The highest BCUT2D eigenvalue weighted by atomic mass is 79.9. The standard InChI is InChI=1S/C14H13BrN2O3/c1-20-13-6-8(15)2-4-10(13)14(19)17-12-5-3-9(18)7-11(12)16/h2-7,18H,16H2,1H3,(H,17,19). The van der Waals surface area contributed by atoms with Crippen LogP contribution in [0.4, 0.5) is 11.4 Å². The van der Waals surface area contributed by atoms with Crippen LogP contribution in [0.2, 0.25) is 0 Å². The lowest BCUT2D eigenvalue weighted by atomic mass is 10.1. The van der Waals surface area contributed by atoms with Gasteiger partial charge in [-0.2, -0.15) is 0 Å². The molecular weight excluding hydrogens is 324 g/mol. The summed E-state index contributed by atoms with van der Waals surface area (Å²) < 4.78 is 5.99. The molecule has 0 spiro atoms. The summed E-state index contributed by atoms with van der Waals surface area (Å²) >= 11 is 3.31. The lowest BCUT2D eigenvalue weighted by molar-refractivity contribution is 0.102. The topological polar surface area (TPSA) is 84.6 Å². The van der Waals surface area contributed by atoms with Gasteiger partial charge in [0.25, 0.3) is 5.91 Å². The van der Waals surface area contributed by atoms with Crippen LogP contribution < -0.4 is 15.8 Å². The minimum Gasteiger partial charge on any atom is -0.508 e. The molecule has 1 amide bonds. The van der Waals surface area contributed by atoms with E-state index in [0.717, 1.165) is 4.47 Å². The molecule has 0 saturated heterocycles. The molecule has 0 fully saturated rings. The van der Waals surface area contributed by atoms with Gasteiger partial charge in [-0.3, -0.25) is 4.79 Å². The Morgan fingerprint density at radius 2 is 2.05 bits per heavy atom. The molecule has 0 aliphatic rings. The molecule has 20 heavy (non-hydrogen) atoms. The number of halogens is 1. The number of phenolic OH excluding ortho intramolecular Hbond substituents is 1. The first-order chi connectivity index (χ1) is 9.51. The Kier molecular flexibility index (Phi) is 4.14. The Bertz CT molecular complexity index is 659. The average Bonchev–Trinajstić information content (AvgIpc) is 2.41. The second-order valence-electron chi connectivity index (χ2n) is 4.07. The maximum absolute atomic E-state index is 12.2. The number of hydrogen-bond donors (Lipinski definition) is 3. The van der Waals surface area contributed by atoms with Crippen LogP contribution in [-0.4, -0.2) is 18.1 Å². The van der Waals surface area contributed by atoms with Gasteiger partial charge in [-0.25, -0.2) is 0 Å². The number of carbonyl (C=O) groups excluding carboxylic acids is 1. The van der Waals surface area contributed by atoms with Crippen molar-refractivity contribution in [2.75, 3.05) is 18.2 Å². The molecule has 0 heterocycles. The molecule has 104 valence electrons. The zero-order valence-electron chi connectivity index (χ0n) is 10.7. The summed E-state index contributed by atoms with van der Waals surface area (Å²) in [6, 6.07) is 9.45. The molecule has 2 aromatic rings. The number of methoxy groups -OCH3 is 1. The highest BCUT2D eigenvalue weighted by Gasteiger charge is 2.14. The molecule has 0 aliphatic heterocycles. The SMILES string of the molecule is COc1cc(Br)ccc1C(=O)Nc1ccc(O)cc1N. The molecule has 5 nitrogen and oxygen atoms in total. The van der Waals surface area contributed by atoms with Gasteiger partial charge in [0, 0.05) is 10.5 Å².